The summed E-state index contributed by atoms with van der Waals surface area (Å²) in [5.41, 5.74) is -0.908. The minimum absolute atomic E-state index is 0.00124. The average molecular weight is 341 g/mol. The van der Waals surface area contributed by atoms with Crippen LogP contribution in [0.4, 0.5) is 8.78 Å². The van der Waals surface area contributed by atoms with E-state index in [2.05, 4.69) is 0 Å². The predicted molar refractivity (Wildman–Crippen MR) is 73.8 cm³/mol. The zero-order valence-electron chi connectivity index (χ0n) is 11.7. The van der Waals surface area contributed by atoms with E-state index < -0.39 is 37.1 Å². The summed E-state index contributed by atoms with van der Waals surface area (Å²) in [6.45, 7) is 5.76. The van der Waals surface area contributed by atoms with Crippen LogP contribution in [-0.4, -0.2) is 21.0 Å². The average Bonchev–Trinajstić information content (AvgIpc) is 2.28. The first kappa shape index (κ1) is 17.8. The number of rotatable bonds is 4. The fourth-order valence-corrected chi connectivity index (χ4v) is 2.33. The number of hydrogen-bond donors (Lipinski definition) is 0. The first-order valence-corrected chi connectivity index (χ1v) is 8.33. The van der Waals surface area contributed by atoms with Gasteiger partial charge in [0.15, 0.2) is 5.82 Å². The Morgan fingerprint density at radius 2 is 1.86 bits per heavy atom. The third-order valence-electron chi connectivity index (χ3n) is 2.57. The minimum Gasteiger partial charge on any atom is -0.462 e. The van der Waals surface area contributed by atoms with Gasteiger partial charge in [0.2, 0.25) is 0 Å². The van der Waals surface area contributed by atoms with Crippen molar-refractivity contribution < 1.29 is 26.7 Å². The molecule has 0 aliphatic carbocycles. The number of esters is 1. The first-order chi connectivity index (χ1) is 9.42. The molecular weight excluding hydrogens is 326 g/mol. The second-order valence-electron chi connectivity index (χ2n) is 5.65. The van der Waals surface area contributed by atoms with Gasteiger partial charge in [0.1, 0.15) is 10.7 Å². The van der Waals surface area contributed by atoms with Crippen LogP contribution in [-0.2, 0) is 13.8 Å². The van der Waals surface area contributed by atoms with E-state index in [0.717, 1.165) is 0 Å². The van der Waals surface area contributed by atoms with Gasteiger partial charge in [-0.15, -0.1) is 0 Å². The van der Waals surface area contributed by atoms with Gasteiger partial charge in [-0.1, -0.05) is 20.8 Å². The van der Waals surface area contributed by atoms with E-state index in [9.17, 15) is 22.0 Å². The van der Waals surface area contributed by atoms with Crippen LogP contribution in [0.5, 0.6) is 0 Å². The summed E-state index contributed by atoms with van der Waals surface area (Å²) in [7, 11) is 0.484. The normalized spacial score (nSPS) is 12.3. The van der Waals surface area contributed by atoms with Gasteiger partial charge in [-0.05, 0) is 24.0 Å². The molecule has 0 aliphatic rings. The van der Waals surface area contributed by atoms with E-state index in [1.807, 2.05) is 20.8 Å². The molecule has 0 saturated heterocycles. The molecule has 118 valence electrons. The summed E-state index contributed by atoms with van der Waals surface area (Å²) in [6.07, 6.45) is 0.510. The maximum Gasteiger partial charge on any atom is 0.341 e. The topological polar surface area (TPSA) is 60.4 Å². The number of benzene rings is 1. The fraction of sp³-hybridized carbons (Fsp3) is 0.462. The van der Waals surface area contributed by atoms with Crippen LogP contribution in [0.15, 0.2) is 17.0 Å². The van der Waals surface area contributed by atoms with Crippen molar-refractivity contribution in [1.29, 1.82) is 0 Å². The maximum atomic E-state index is 13.9. The van der Waals surface area contributed by atoms with Crippen LogP contribution in [0.2, 0.25) is 0 Å². The molecule has 0 fully saturated rings. The minimum atomic E-state index is -4.51. The van der Waals surface area contributed by atoms with Gasteiger partial charge in [0.25, 0.3) is 9.05 Å². The second-order valence-corrected chi connectivity index (χ2v) is 8.18. The standard InChI is InChI=1S/C13H15ClF2O4S/c1-13(2,3)4-5-20-12(17)9-6-8(15)7-10(11(9)16)21(14,18)19/h6-7H,4-5H2,1-3H3. The lowest BCUT2D eigenvalue weighted by atomic mass is 9.93. The lowest BCUT2D eigenvalue weighted by molar-refractivity contribution is 0.0458. The highest BCUT2D eigenvalue weighted by atomic mass is 35.7. The van der Waals surface area contributed by atoms with Gasteiger partial charge >= 0.3 is 5.97 Å². The Labute approximate surface area is 126 Å². The number of carbonyl (C=O) groups is 1. The van der Waals surface area contributed by atoms with Crippen molar-refractivity contribution in [2.24, 2.45) is 5.41 Å². The first-order valence-electron chi connectivity index (χ1n) is 6.02. The molecule has 0 aliphatic heterocycles. The van der Waals surface area contributed by atoms with Crippen LogP contribution < -0.4 is 0 Å². The highest BCUT2D eigenvalue weighted by Crippen LogP contribution is 2.24. The van der Waals surface area contributed by atoms with Crippen LogP contribution in [0.1, 0.15) is 37.6 Å². The van der Waals surface area contributed by atoms with Gasteiger partial charge < -0.3 is 4.74 Å². The molecule has 0 amide bonds. The quantitative estimate of drug-likeness (QED) is 0.622. The molecule has 4 nitrogen and oxygen atoms in total. The summed E-state index contributed by atoms with van der Waals surface area (Å²) < 4.78 is 54.3. The third kappa shape index (κ3) is 5.24. The number of hydrogen-bond acceptors (Lipinski definition) is 4. The van der Waals surface area contributed by atoms with Crippen LogP contribution >= 0.6 is 10.7 Å². The van der Waals surface area contributed by atoms with Crippen molar-refractivity contribution in [2.75, 3.05) is 6.61 Å². The molecular formula is C13H15ClF2O4S. The summed E-state index contributed by atoms with van der Waals surface area (Å²) >= 11 is 0. The molecule has 1 aromatic rings. The molecule has 0 aromatic heterocycles. The lowest BCUT2D eigenvalue weighted by Gasteiger charge is -2.17. The van der Waals surface area contributed by atoms with Gasteiger partial charge in [0.05, 0.1) is 12.2 Å². The molecule has 0 radical (unpaired) electrons. The molecule has 1 rings (SSSR count). The Balaban J connectivity index is 3.03. The van der Waals surface area contributed by atoms with E-state index in [4.69, 9.17) is 15.4 Å². The fourth-order valence-electron chi connectivity index (χ4n) is 1.42. The molecule has 0 bridgehead atoms. The summed E-state index contributed by atoms with van der Waals surface area (Å²) in [5.74, 6) is -3.66. The van der Waals surface area contributed by atoms with Crippen molar-refractivity contribution in [3.63, 3.8) is 0 Å². The molecule has 0 atom stereocenters. The van der Waals surface area contributed by atoms with Crippen molar-refractivity contribution in [1.82, 2.24) is 0 Å². The summed E-state index contributed by atoms with van der Waals surface area (Å²) in [4.78, 5) is 10.6. The Morgan fingerprint density at radius 3 is 2.33 bits per heavy atom. The second kappa shape index (κ2) is 6.27. The Hall–Kier alpha value is -1.21. The highest BCUT2D eigenvalue weighted by molar-refractivity contribution is 8.13. The SMILES string of the molecule is CC(C)(C)CCOC(=O)c1cc(F)cc(S(=O)(=O)Cl)c1F. The predicted octanol–water partition coefficient (Wildman–Crippen LogP) is 3.49. The van der Waals surface area contributed by atoms with Crippen molar-refractivity contribution >= 4 is 25.7 Å². The van der Waals surface area contributed by atoms with Crippen molar-refractivity contribution in [3.05, 3.63) is 29.3 Å². The van der Waals surface area contributed by atoms with E-state index in [1.165, 1.54) is 0 Å². The molecule has 0 saturated carbocycles. The van der Waals surface area contributed by atoms with E-state index in [1.54, 1.807) is 0 Å². The summed E-state index contributed by atoms with van der Waals surface area (Å²) in [6, 6.07) is 0.976. The molecule has 1 aromatic carbocycles. The maximum absolute atomic E-state index is 13.9. The van der Waals surface area contributed by atoms with Crippen LogP contribution in [0.3, 0.4) is 0 Å². The monoisotopic (exact) mass is 340 g/mol. The summed E-state index contributed by atoms with van der Waals surface area (Å²) in [5, 5.41) is 0. The van der Waals surface area contributed by atoms with Crippen LogP contribution in [0, 0.1) is 17.0 Å². The molecule has 0 spiro atoms. The van der Waals surface area contributed by atoms with Crippen molar-refractivity contribution in [2.45, 2.75) is 32.1 Å². The van der Waals surface area contributed by atoms with E-state index in [0.29, 0.717) is 18.6 Å². The van der Waals surface area contributed by atoms with Gasteiger partial charge in [0, 0.05) is 10.7 Å². The zero-order chi connectivity index (χ0) is 16.4. The van der Waals surface area contributed by atoms with E-state index in [-0.39, 0.29) is 12.0 Å². The molecule has 0 unspecified atom stereocenters. The Kier molecular flexibility index (Phi) is 5.33. The largest absolute Gasteiger partial charge is 0.462 e. The van der Waals surface area contributed by atoms with Crippen molar-refractivity contribution in [3.8, 4) is 0 Å². The van der Waals surface area contributed by atoms with E-state index >= 15 is 0 Å². The van der Waals surface area contributed by atoms with Gasteiger partial charge in [-0.25, -0.2) is 22.0 Å². The molecule has 8 heteroatoms. The third-order valence-corrected chi connectivity index (χ3v) is 3.89. The van der Waals surface area contributed by atoms with Gasteiger partial charge in [-0.2, -0.15) is 0 Å². The lowest BCUT2D eigenvalue weighted by Crippen LogP contribution is -2.15. The van der Waals surface area contributed by atoms with Gasteiger partial charge in [-0.3, -0.25) is 0 Å². The smallest absolute Gasteiger partial charge is 0.341 e. The highest BCUT2D eigenvalue weighted by Gasteiger charge is 2.25. The Bertz CT molecular complexity index is 651. The number of halogens is 3. The van der Waals surface area contributed by atoms with Crippen LogP contribution in [0.25, 0.3) is 0 Å². The zero-order valence-corrected chi connectivity index (χ0v) is 13.3. The number of carbonyl (C=O) groups excluding carboxylic acids is 1. The molecule has 0 heterocycles. The number of ether oxygens (including phenoxy) is 1. The molecule has 21 heavy (non-hydrogen) atoms. The Morgan fingerprint density at radius 1 is 1.29 bits per heavy atom. The molecule has 0 N–H and O–H groups in total.